The summed E-state index contributed by atoms with van der Waals surface area (Å²) in [6.07, 6.45) is 1.43. The number of sulfonamides is 1. The van der Waals surface area contributed by atoms with Crippen LogP contribution in [0.5, 0.6) is 0 Å². The molecule has 0 amide bonds. The van der Waals surface area contributed by atoms with Crippen LogP contribution in [0.1, 0.15) is 24.8 Å². The van der Waals surface area contributed by atoms with Gasteiger partial charge in [-0.25, -0.2) is 17.5 Å². The van der Waals surface area contributed by atoms with Crippen molar-refractivity contribution in [1.29, 1.82) is 10.5 Å². The van der Waals surface area contributed by atoms with E-state index in [1.54, 1.807) is 6.07 Å². The molecule has 1 aromatic rings. The van der Waals surface area contributed by atoms with Crippen molar-refractivity contribution in [1.82, 2.24) is 4.72 Å². The summed E-state index contributed by atoms with van der Waals surface area (Å²) in [5, 5.41) is 17.1. The van der Waals surface area contributed by atoms with Crippen molar-refractivity contribution in [3.8, 4) is 12.1 Å². The molecule has 0 aliphatic carbocycles. The first-order valence-corrected chi connectivity index (χ1v) is 7.06. The maximum Gasteiger partial charge on any atom is 0.241 e. The van der Waals surface area contributed by atoms with Gasteiger partial charge in [0.1, 0.15) is 22.3 Å². The van der Waals surface area contributed by atoms with Gasteiger partial charge in [0.05, 0.1) is 6.07 Å². The van der Waals surface area contributed by atoms with E-state index in [1.165, 1.54) is 12.1 Å². The lowest BCUT2D eigenvalue weighted by Crippen LogP contribution is -2.25. The molecule has 0 fully saturated rings. The normalized spacial score (nSPS) is 10.7. The van der Waals surface area contributed by atoms with E-state index in [1.807, 2.05) is 6.07 Å². The summed E-state index contributed by atoms with van der Waals surface area (Å²) in [4.78, 5) is -0.365. The fourth-order valence-corrected chi connectivity index (χ4v) is 2.69. The van der Waals surface area contributed by atoms with Gasteiger partial charge < -0.3 is 0 Å². The Morgan fingerprint density at radius 2 is 2.00 bits per heavy atom. The second-order valence-corrected chi connectivity index (χ2v) is 5.47. The van der Waals surface area contributed by atoms with Crippen molar-refractivity contribution >= 4 is 10.0 Å². The summed E-state index contributed by atoms with van der Waals surface area (Å²) in [6, 6.07) is 6.94. The Kier molecular flexibility index (Phi) is 5.43. The minimum absolute atomic E-state index is 0.144. The number of hydrogen-bond acceptors (Lipinski definition) is 4. The summed E-state index contributed by atoms with van der Waals surface area (Å²) in [6.45, 7) is 0.144. The van der Waals surface area contributed by atoms with Crippen molar-refractivity contribution in [2.45, 2.75) is 24.2 Å². The predicted molar refractivity (Wildman–Crippen MR) is 65.8 cm³/mol. The largest absolute Gasteiger partial charge is 0.241 e. The number of nitriles is 2. The van der Waals surface area contributed by atoms with E-state index in [-0.39, 0.29) is 11.4 Å². The van der Waals surface area contributed by atoms with Crippen LogP contribution in [0, 0.1) is 28.5 Å². The van der Waals surface area contributed by atoms with E-state index in [0.717, 1.165) is 6.07 Å². The molecule has 0 aliphatic rings. The lowest BCUT2D eigenvalue weighted by Gasteiger charge is -2.08. The maximum absolute atomic E-state index is 13.3. The molecule has 0 saturated carbocycles. The highest BCUT2D eigenvalue weighted by Crippen LogP contribution is 2.17. The fraction of sp³-hybridized carbons (Fsp3) is 0.333. The molecule has 0 atom stereocenters. The highest BCUT2D eigenvalue weighted by Gasteiger charge is 2.20. The van der Waals surface area contributed by atoms with E-state index in [0.29, 0.717) is 19.3 Å². The second kappa shape index (κ2) is 6.83. The average molecular weight is 281 g/mol. The highest BCUT2D eigenvalue weighted by atomic mass is 32.2. The molecular formula is C12H12FN3O2S. The number of hydrogen-bond donors (Lipinski definition) is 1. The molecule has 100 valence electrons. The Hall–Kier alpha value is -1.96. The van der Waals surface area contributed by atoms with Crippen molar-refractivity contribution in [2.24, 2.45) is 0 Å². The van der Waals surface area contributed by atoms with E-state index in [4.69, 9.17) is 10.5 Å². The third kappa shape index (κ3) is 4.02. The lowest BCUT2D eigenvalue weighted by molar-refractivity contribution is 0.572. The van der Waals surface area contributed by atoms with Crippen LogP contribution in [-0.2, 0) is 10.0 Å². The minimum atomic E-state index is -3.91. The molecule has 1 rings (SSSR count). The standard InChI is InChI=1S/C12H12FN3O2S/c13-11-5-4-6-12(10(11)9-15)19(17,18)16-8-3-1-2-7-14/h4-6,16H,1-3,8H2. The number of rotatable bonds is 6. The minimum Gasteiger partial charge on any atom is -0.211 e. The van der Waals surface area contributed by atoms with Crippen molar-refractivity contribution < 1.29 is 12.8 Å². The van der Waals surface area contributed by atoms with E-state index >= 15 is 0 Å². The van der Waals surface area contributed by atoms with Gasteiger partial charge in [-0.1, -0.05) is 6.07 Å². The van der Waals surface area contributed by atoms with Gasteiger partial charge in [-0.05, 0) is 25.0 Å². The summed E-state index contributed by atoms with van der Waals surface area (Å²) in [5.41, 5.74) is -0.493. The first kappa shape index (κ1) is 15.1. The molecule has 1 aromatic carbocycles. The first-order chi connectivity index (χ1) is 9.03. The number of halogens is 1. The molecular weight excluding hydrogens is 269 g/mol. The van der Waals surface area contributed by atoms with E-state index in [9.17, 15) is 12.8 Å². The Morgan fingerprint density at radius 1 is 1.26 bits per heavy atom. The predicted octanol–water partition coefficient (Wildman–Crippen LogP) is 1.67. The molecule has 0 saturated heterocycles. The molecule has 0 aliphatic heterocycles. The van der Waals surface area contributed by atoms with Crippen LogP contribution in [0.2, 0.25) is 0 Å². The summed E-state index contributed by atoms with van der Waals surface area (Å²) < 4.78 is 39.4. The van der Waals surface area contributed by atoms with E-state index < -0.39 is 21.4 Å². The van der Waals surface area contributed by atoms with Gasteiger partial charge in [-0.2, -0.15) is 10.5 Å². The average Bonchev–Trinajstić information content (AvgIpc) is 2.38. The number of nitrogens with zero attached hydrogens (tertiary/aromatic N) is 2. The highest BCUT2D eigenvalue weighted by molar-refractivity contribution is 7.89. The summed E-state index contributed by atoms with van der Waals surface area (Å²) in [7, 11) is -3.91. The molecule has 0 heterocycles. The number of benzene rings is 1. The Bertz CT molecular complexity index is 629. The van der Waals surface area contributed by atoms with E-state index in [2.05, 4.69) is 4.72 Å². The van der Waals surface area contributed by atoms with Gasteiger partial charge in [0, 0.05) is 13.0 Å². The van der Waals surface area contributed by atoms with Crippen LogP contribution in [0.25, 0.3) is 0 Å². The second-order valence-electron chi connectivity index (χ2n) is 3.74. The lowest BCUT2D eigenvalue weighted by atomic mass is 10.2. The zero-order chi connectivity index (χ0) is 14.3. The van der Waals surface area contributed by atoms with Crippen LogP contribution in [0.4, 0.5) is 4.39 Å². The summed E-state index contributed by atoms with van der Waals surface area (Å²) >= 11 is 0. The Morgan fingerprint density at radius 3 is 2.63 bits per heavy atom. The van der Waals surface area contributed by atoms with Crippen LogP contribution in [-0.4, -0.2) is 15.0 Å². The summed E-state index contributed by atoms with van der Waals surface area (Å²) in [5.74, 6) is -0.866. The van der Waals surface area contributed by atoms with Gasteiger partial charge >= 0.3 is 0 Å². The maximum atomic E-state index is 13.3. The molecule has 0 spiro atoms. The van der Waals surface area contributed by atoms with Crippen LogP contribution >= 0.6 is 0 Å². The Labute approximate surface area is 111 Å². The zero-order valence-electron chi connectivity index (χ0n) is 10.1. The monoisotopic (exact) mass is 281 g/mol. The van der Waals surface area contributed by atoms with Gasteiger partial charge in [0.25, 0.3) is 0 Å². The van der Waals surface area contributed by atoms with Gasteiger partial charge in [-0.15, -0.1) is 0 Å². The molecule has 1 N–H and O–H groups in total. The van der Waals surface area contributed by atoms with Crippen molar-refractivity contribution in [2.75, 3.05) is 6.54 Å². The van der Waals surface area contributed by atoms with Crippen LogP contribution in [0.15, 0.2) is 23.1 Å². The molecule has 19 heavy (non-hydrogen) atoms. The van der Waals surface area contributed by atoms with Crippen molar-refractivity contribution in [3.05, 3.63) is 29.6 Å². The molecule has 7 heteroatoms. The quantitative estimate of drug-likeness (QED) is 0.802. The number of unbranched alkanes of at least 4 members (excludes halogenated alkanes) is 2. The van der Waals surface area contributed by atoms with Crippen LogP contribution in [0.3, 0.4) is 0 Å². The first-order valence-electron chi connectivity index (χ1n) is 5.58. The molecule has 5 nitrogen and oxygen atoms in total. The molecule has 0 radical (unpaired) electrons. The zero-order valence-corrected chi connectivity index (χ0v) is 10.9. The van der Waals surface area contributed by atoms with Gasteiger partial charge in [0.15, 0.2) is 0 Å². The topological polar surface area (TPSA) is 93.8 Å². The smallest absolute Gasteiger partial charge is 0.211 e. The van der Waals surface area contributed by atoms with Gasteiger partial charge in [0.2, 0.25) is 10.0 Å². The third-order valence-corrected chi connectivity index (χ3v) is 3.89. The van der Waals surface area contributed by atoms with Crippen molar-refractivity contribution in [3.63, 3.8) is 0 Å². The fourth-order valence-electron chi connectivity index (χ4n) is 1.45. The molecule has 0 bridgehead atoms. The SMILES string of the molecule is N#CCCCCNS(=O)(=O)c1cccc(F)c1C#N. The Balaban J connectivity index is 2.82. The third-order valence-electron chi connectivity index (χ3n) is 2.38. The van der Waals surface area contributed by atoms with Gasteiger partial charge in [-0.3, -0.25) is 0 Å². The van der Waals surface area contributed by atoms with Crippen LogP contribution < -0.4 is 4.72 Å². The number of nitrogens with one attached hydrogen (secondary N) is 1. The molecule has 0 aromatic heterocycles. The molecule has 0 unspecified atom stereocenters.